The summed E-state index contributed by atoms with van der Waals surface area (Å²) in [6.07, 6.45) is -3.44. The molecule has 2 rings (SSSR count). The van der Waals surface area contributed by atoms with Gasteiger partial charge in [-0.25, -0.2) is 4.79 Å². The van der Waals surface area contributed by atoms with Gasteiger partial charge in [-0.15, -0.1) is 0 Å². The van der Waals surface area contributed by atoms with Crippen LogP contribution in [0.4, 0.5) is 0 Å². The van der Waals surface area contributed by atoms with Crippen molar-refractivity contribution in [2.24, 2.45) is 0 Å². The van der Waals surface area contributed by atoms with Crippen molar-refractivity contribution in [1.82, 2.24) is 0 Å². The second kappa shape index (κ2) is 3.99. The van der Waals surface area contributed by atoms with Gasteiger partial charge < -0.3 is 24.8 Å². The van der Waals surface area contributed by atoms with Gasteiger partial charge in [0, 0.05) is 5.56 Å². The number of carboxylic acid groups (broad SMARTS) is 1. The summed E-state index contributed by atoms with van der Waals surface area (Å²) in [6.45, 7) is 0.0161. The predicted octanol–water partition coefficient (Wildman–Crippen LogP) is -0.106. The van der Waals surface area contributed by atoms with Crippen LogP contribution in [0, 0.1) is 0 Å². The van der Waals surface area contributed by atoms with Crippen molar-refractivity contribution < 1.29 is 29.6 Å². The first kappa shape index (κ1) is 10.7. The van der Waals surface area contributed by atoms with Gasteiger partial charge in [0.2, 0.25) is 6.79 Å². The van der Waals surface area contributed by atoms with Crippen molar-refractivity contribution in [2.75, 3.05) is 6.79 Å². The number of benzene rings is 1. The number of hydrogen-bond donors (Lipinski definition) is 3. The largest absolute Gasteiger partial charge is 0.479 e. The number of fused-ring (bicyclic) bond motifs is 1. The molecular weight excluding hydrogens is 216 g/mol. The second-order valence-corrected chi connectivity index (χ2v) is 3.31. The Kier molecular flexibility index (Phi) is 2.67. The minimum Gasteiger partial charge on any atom is -0.479 e. The van der Waals surface area contributed by atoms with E-state index in [-0.39, 0.29) is 18.1 Å². The van der Waals surface area contributed by atoms with E-state index in [4.69, 9.17) is 14.6 Å². The maximum absolute atomic E-state index is 10.5. The van der Waals surface area contributed by atoms with Gasteiger partial charge in [0.1, 0.15) is 6.10 Å². The smallest absolute Gasteiger partial charge is 0.335 e. The first-order chi connectivity index (χ1) is 7.61. The quantitative estimate of drug-likeness (QED) is 0.665. The fraction of sp³-hybridized carbons (Fsp3) is 0.300. The van der Waals surface area contributed by atoms with Crippen LogP contribution in [0.3, 0.4) is 0 Å². The zero-order chi connectivity index (χ0) is 11.7. The molecule has 1 aliphatic heterocycles. The molecule has 0 aliphatic carbocycles. The van der Waals surface area contributed by atoms with E-state index in [0.29, 0.717) is 5.75 Å². The molecule has 0 radical (unpaired) electrons. The van der Waals surface area contributed by atoms with Crippen LogP contribution >= 0.6 is 0 Å². The van der Waals surface area contributed by atoms with Crippen LogP contribution in [-0.2, 0) is 4.79 Å². The third-order valence-electron chi connectivity index (χ3n) is 2.30. The summed E-state index contributed by atoms with van der Waals surface area (Å²) in [4.78, 5) is 10.5. The monoisotopic (exact) mass is 226 g/mol. The van der Waals surface area contributed by atoms with Gasteiger partial charge in [-0.05, 0) is 6.07 Å². The van der Waals surface area contributed by atoms with Crippen LogP contribution < -0.4 is 9.47 Å². The summed E-state index contributed by atoms with van der Waals surface area (Å²) in [5, 5.41) is 27.5. The molecule has 1 aromatic carbocycles. The third kappa shape index (κ3) is 1.68. The number of para-hydroxylation sites is 1. The second-order valence-electron chi connectivity index (χ2n) is 3.31. The zero-order valence-electron chi connectivity index (χ0n) is 8.16. The van der Waals surface area contributed by atoms with E-state index in [1.807, 2.05) is 0 Å². The van der Waals surface area contributed by atoms with E-state index in [0.717, 1.165) is 0 Å². The lowest BCUT2D eigenvalue weighted by Gasteiger charge is -2.15. The first-order valence-electron chi connectivity index (χ1n) is 4.58. The molecule has 1 heterocycles. The van der Waals surface area contributed by atoms with Crippen LogP contribution in [0.15, 0.2) is 18.2 Å². The van der Waals surface area contributed by atoms with Crippen molar-refractivity contribution in [3.05, 3.63) is 23.8 Å². The van der Waals surface area contributed by atoms with Crippen molar-refractivity contribution in [3.63, 3.8) is 0 Å². The fourth-order valence-electron chi connectivity index (χ4n) is 1.49. The summed E-state index contributed by atoms with van der Waals surface area (Å²) in [5.41, 5.74) is 0.199. The molecular formula is C10H10O6. The van der Waals surface area contributed by atoms with Gasteiger partial charge in [0.05, 0.1) is 0 Å². The minimum atomic E-state index is -1.89. The maximum Gasteiger partial charge on any atom is 0.335 e. The summed E-state index contributed by atoms with van der Waals surface area (Å²) in [6, 6.07) is 4.69. The molecule has 0 amide bonds. The molecule has 0 saturated heterocycles. The summed E-state index contributed by atoms with van der Waals surface area (Å²) < 4.78 is 10.2. The molecule has 6 heteroatoms. The van der Waals surface area contributed by atoms with Crippen LogP contribution in [0.25, 0.3) is 0 Å². The molecule has 2 unspecified atom stereocenters. The standard InChI is InChI=1S/C10H10O6/c11-7(8(12)10(13)14)5-2-1-3-6-9(5)16-4-15-6/h1-3,7-8,11-12H,4H2,(H,13,14). The Morgan fingerprint density at radius 2 is 2.06 bits per heavy atom. The predicted molar refractivity (Wildman–Crippen MR) is 51.2 cm³/mol. The molecule has 3 N–H and O–H groups in total. The number of carboxylic acids is 1. The van der Waals surface area contributed by atoms with Crippen molar-refractivity contribution >= 4 is 5.97 Å². The summed E-state index contributed by atoms with van der Waals surface area (Å²) in [7, 11) is 0. The number of ether oxygens (including phenoxy) is 2. The number of aliphatic hydroxyl groups excluding tert-OH is 2. The minimum absolute atomic E-state index is 0.0161. The number of aliphatic hydroxyl groups is 2. The third-order valence-corrected chi connectivity index (χ3v) is 2.30. The Morgan fingerprint density at radius 3 is 2.75 bits per heavy atom. The summed E-state index contributed by atoms with van der Waals surface area (Å²) >= 11 is 0. The van der Waals surface area contributed by atoms with E-state index < -0.39 is 18.2 Å². The Morgan fingerprint density at radius 1 is 1.31 bits per heavy atom. The lowest BCUT2D eigenvalue weighted by Crippen LogP contribution is -2.27. The van der Waals surface area contributed by atoms with Gasteiger partial charge in [0.25, 0.3) is 0 Å². The highest BCUT2D eigenvalue weighted by Gasteiger charge is 2.30. The van der Waals surface area contributed by atoms with Crippen LogP contribution in [0.1, 0.15) is 11.7 Å². The molecule has 0 aromatic heterocycles. The molecule has 0 spiro atoms. The molecule has 0 fully saturated rings. The Hall–Kier alpha value is -1.79. The van der Waals surface area contributed by atoms with E-state index >= 15 is 0 Å². The van der Waals surface area contributed by atoms with E-state index in [9.17, 15) is 15.0 Å². The van der Waals surface area contributed by atoms with Gasteiger partial charge in [-0.3, -0.25) is 0 Å². The molecule has 0 saturated carbocycles. The Bertz CT molecular complexity index is 416. The number of carbonyl (C=O) groups is 1. The van der Waals surface area contributed by atoms with Crippen LogP contribution in [-0.4, -0.2) is 34.2 Å². The molecule has 16 heavy (non-hydrogen) atoms. The van der Waals surface area contributed by atoms with Gasteiger partial charge in [-0.1, -0.05) is 12.1 Å². The summed E-state index contributed by atoms with van der Waals surface area (Å²) in [5.74, 6) is -0.798. The van der Waals surface area contributed by atoms with E-state index in [1.54, 1.807) is 12.1 Å². The Balaban J connectivity index is 2.34. The van der Waals surface area contributed by atoms with Crippen molar-refractivity contribution in [2.45, 2.75) is 12.2 Å². The molecule has 1 aromatic rings. The SMILES string of the molecule is O=C(O)C(O)C(O)c1cccc2c1OCO2. The number of rotatable bonds is 3. The molecule has 6 nitrogen and oxygen atoms in total. The molecule has 86 valence electrons. The first-order valence-corrected chi connectivity index (χ1v) is 4.58. The normalized spacial score (nSPS) is 16.9. The lowest BCUT2D eigenvalue weighted by atomic mass is 10.0. The molecule has 0 bridgehead atoms. The highest BCUT2D eigenvalue weighted by Crippen LogP contribution is 2.39. The lowest BCUT2D eigenvalue weighted by molar-refractivity contribution is -0.153. The van der Waals surface area contributed by atoms with Gasteiger partial charge in [-0.2, -0.15) is 0 Å². The van der Waals surface area contributed by atoms with E-state index in [1.165, 1.54) is 6.07 Å². The van der Waals surface area contributed by atoms with Crippen molar-refractivity contribution in [3.8, 4) is 11.5 Å². The van der Waals surface area contributed by atoms with Gasteiger partial charge in [0.15, 0.2) is 17.6 Å². The number of hydrogen-bond acceptors (Lipinski definition) is 5. The highest BCUT2D eigenvalue weighted by atomic mass is 16.7. The van der Waals surface area contributed by atoms with Crippen molar-refractivity contribution in [1.29, 1.82) is 0 Å². The molecule has 2 atom stereocenters. The highest BCUT2D eigenvalue weighted by molar-refractivity contribution is 5.73. The van der Waals surface area contributed by atoms with E-state index in [2.05, 4.69) is 0 Å². The van der Waals surface area contributed by atoms with Crippen LogP contribution in [0.5, 0.6) is 11.5 Å². The topological polar surface area (TPSA) is 96.2 Å². The molecule has 1 aliphatic rings. The van der Waals surface area contributed by atoms with Crippen LogP contribution in [0.2, 0.25) is 0 Å². The average molecular weight is 226 g/mol. The zero-order valence-corrected chi connectivity index (χ0v) is 8.16. The average Bonchev–Trinajstić information content (AvgIpc) is 2.74. The number of aliphatic carboxylic acids is 1. The van der Waals surface area contributed by atoms with Gasteiger partial charge >= 0.3 is 5.97 Å². The Labute approximate surface area is 90.7 Å². The fourth-order valence-corrected chi connectivity index (χ4v) is 1.49. The maximum atomic E-state index is 10.5.